The Balaban J connectivity index is 1.91. The molecule has 2 fully saturated rings. The van der Waals surface area contributed by atoms with Crippen molar-refractivity contribution in [2.75, 3.05) is 14.2 Å². The van der Waals surface area contributed by atoms with Crippen molar-refractivity contribution in [1.29, 1.82) is 0 Å². The summed E-state index contributed by atoms with van der Waals surface area (Å²) in [7, 11) is -0.508. The van der Waals surface area contributed by atoms with Crippen molar-refractivity contribution in [3.05, 3.63) is 82.4 Å². The monoisotopic (exact) mass is 578 g/mol. The fraction of sp³-hybridized carbons (Fsp3) is 0.483. The number of carbonyl (C=O) groups is 1. The van der Waals surface area contributed by atoms with E-state index in [4.69, 9.17) is 27.9 Å². The number of carbonyl (C=O) groups excluding carboxylic acids is 1. The van der Waals surface area contributed by atoms with Gasteiger partial charge in [0.15, 0.2) is 5.60 Å². The molecule has 1 N–H and O–H groups in total. The summed E-state index contributed by atoms with van der Waals surface area (Å²) in [5.74, 6) is -0.319. The van der Waals surface area contributed by atoms with Gasteiger partial charge in [-0.3, -0.25) is 4.79 Å². The molecule has 0 radical (unpaired) electrons. The molecule has 1 aliphatic heterocycles. The minimum atomic E-state index is -3.52. The van der Waals surface area contributed by atoms with Gasteiger partial charge >= 0.3 is 0 Å². The van der Waals surface area contributed by atoms with E-state index < -0.39 is 20.4 Å². The molecule has 1 heterocycles. The Morgan fingerprint density at radius 3 is 2.37 bits per heavy atom. The molecule has 2 aliphatic rings. The summed E-state index contributed by atoms with van der Waals surface area (Å²) in [6.07, 6.45) is 4.55. The lowest BCUT2D eigenvalue weighted by molar-refractivity contribution is -0.172. The number of rotatable bonds is 11. The Bertz CT molecular complexity index is 1280. The molecular formula is C29H36Cl2N2O4S. The van der Waals surface area contributed by atoms with Crippen molar-refractivity contribution < 1.29 is 17.9 Å². The number of hydrogen-bond acceptors (Lipinski definition) is 4. The van der Waals surface area contributed by atoms with Crippen LogP contribution in [-0.4, -0.2) is 49.8 Å². The topological polar surface area (TPSA) is 75.7 Å². The number of nitrogens with zero attached hydrogens (tertiary/aromatic N) is 1. The minimum absolute atomic E-state index is 0.150. The molecule has 0 bridgehead atoms. The zero-order valence-corrected chi connectivity index (χ0v) is 24.5. The van der Waals surface area contributed by atoms with Gasteiger partial charge in [0.25, 0.3) is 5.91 Å². The number of likely N-dealkylation sites (tertiary alicyclic amines) is 1. The average molecular weight is 580 g/mol. The molecule has 206 valence electrons. The average Bonchev–Trinajstić information content (AvgIpc) is 3.70. The van der Waals surface area contributed by atoms with Crippen molar-refractivity contribution in [3.63, 3.8) is 0 Å². The fourth-order valence-electron chi connectivity index (χ4n) is 6.06. The van der Waals surface area contributed by atoms with Crippen molar-refractivity contribution in [2.24, 2.45) is 0 Å². The molecule has 0 spiro atoms. The maximum absolute atomic E-state index is 14.5. The van der Waals surface area contributed by atoms with Crippen LogP contribution in [0.25, 0.3) is 0 Å². The van der Waals surface area contributed by atoms with Gasteiger partial charge in [-0.1, -0.05) is 60.5 Å². The summed E-state index contributed by atoms with van der Waals surface area (Å²) in [5.41, 5.74) is 0.777. The Kier molecular flexibility index (Phi) is 8.65. The second kappa shape index (κ2) is 11.3. The van der Waals surface area contributed by atoms with Crippen molar-refractivity contribution in [3.8, 4) is 0 Å². The first kappa shape index (κ1) is 29.1. The molecule has 4 rings (SSSR count). The molecule has 2 aromatic carbocycles. The number of benzene rings is 2. The molecule has 1 saturated carbocycles. The molecule has 1 saturated heterocycles. The largest absolute Gasteiger partial charge is 0.368 e. The zero-order chi connectivity index (χ0) is 27.7. The first-order valence-electron chi connectivity index (χ1n) is 13.0. The predicted octanol–water partition coefficient (Wildman–Crippen LogP) is 6.26. The quantitative estimate of drug-likeness (QED) is 0.319. The Labute approximate surface area is 236 Å². The number of ether oxygens (including phenoxy) is 1. The zero-order valence-electron chi connectivity index (χ0n) is 22.1. The molecule has 38 heavy (non-hydrogen) atoms. The first-order valence-corrected chi connectivity index (χ1v) is 15.2. The number of nitrogens with one attached hydrogen (secondary N) is 1. The van der Waals surface area contributed by atoms with Crippen LogP contribution in [0.15, 0.2) is 61.2 Å². The molecule has 0 unspecified atom stereocenters. The highest BCUT2D eigenvalue weighted by molar-refractivity contribution is 7.91. The van der Waals surface area contributed by atoms with Gasteiger partial charge in [0.2, 0.25) is 10.0 Å². The molecule has 4 atom stereocenters. The van der Waals surface area contributed by atoms with Crippen LogP contribution in [0.5, 0.6) is 0 Å². The van der Waals surface area contributed by atoms with Crippen molar-refractivity contribution in [2.45, 2.75) is 73.8 Å². The smallest absolute Gasteiger partial charge is 0.255 e. The van der Waals surface area contributed by atoms with Crippen LogP contribution in [0.4, 0.5) is 0 Å². The van der Waals surface area contributed by atoms with Gasteiger partial charge in [0, 0.05) is 35.5 Å². The molecular weight excluding hydrogens is 543 g/mol. The summed E-state index contributed by atoms with van der Waals surface area (Å²) < 4.78 is 33.7. The number of hydrogen-bond donors (Lipinski definition) is 1. The highest BCUT2D eigenvalue weighted by atomic mass is 35.5. The van der Waals surface area contributed by atoms with E-state index in [2.05, 4.69) is 11.3 Å². The number of piperidine rings is 1. The van der Waals surface area contributed by atoms with Crippen LogP contribution >= 0.6 is 23.2 Å². The SMILES string of the molecule is C=CC[C@@]1(OC)C[C@H](c2cccc(Cl)c2)[C@@H](c2ccc(Cl)cc2)N([C@@H](CC)CC2(S(=O)(=O)NC)CC2)C1=O. The van der Waals surface area contributed by atoms with E-state index in [1.807, 2.05) is 60.4 Å². The summed E-state index contributed by atoms with van der Waals surface area (Å²) >= 11 is 12.7. The molecule has 2 aromatic rings. The molecule has 1 amide bonds. The second-order valence-electron chi connectivity index (χ2n) is 10.4. The summed E-state index contributed by atoms with van der Waals surface area (Å²) in [5, 5.41) is 1.21. The summed E-state index contributed by atoms with van der Waals surface area (Å²) in [6, 6.07) is 14.5. The van der Waals surface area contributed by atoms with Gasteiger partial charge in [0.1, 0.15) is 0 Å². The number of halogens is 2. The Morgan fingerprint density at radius 1 is 1.16 bits per heavy atom. The summed E-state index contributed by atoms with van der Waals surface area (Å²) in [4.78, 5) is 16.4. The normalized spacial score (nSPS) is 25.7. The maximum atomic E-state index is 14.5. The maximum Gasteiger partial charge on any atom is 0.255 e. The molecule has 9 heteroatoms. The first-order chi connectivity index (χ1) is 18.1. The number of sulfonamides is 1. The number of methoxy groups -OCH3 is 1. The lowest BCUT2D eigenvalue weighted by atomic mass is 9.71. The van der Waals surface area contributed by atoms with E-state index in [9.17, 15) is 13.2 Å². The lowest BCUT2D eigenvalue weighted by Crippen LogP contribution is -2.61. The third-order valence-corrected chi connectivity index (χ3v) is 11.1. The lowest BCUT2D eigenvalue weighted by Gasteiger charge is -2.52. The van der Waals surface area contributed by atoms with E-state index in [1.54, 1.807) is 13.2 Å². The van der Waals surface area contributed by atoms with Crippen LogP contribution in [0.1, 0.15) is 68.5 Å². The Morgan fingerprint density at radius 2 is 1.84 bits per heavy atom. The van der Waals surface area contributed by atoms with Gasteiger partial charge in [0.05, 0.1) is 10.8 Å². The second-order valence-corrected chi connectivity index (χ2v) is 13.6. The van der Waals surface area contributed by atoms with E-state index >= 15 is 0 Å². The third kappa shape index (κ3) is 5.28. The van der Waals surface area contributed by atoms with Crippen LogP contribution in [0.3, 0.4) is 0 Å². The highest BCUT2D eigenvalue weighted by Gasteiger charge is 2.59. The molecule has 0 aromatic heterocycles. The van der Waals surface area contributed by atoms with Gasteiger partial charge < -0.3 is 9.64 Å². The third-order valence-electron chi connectivity index (χ3n) is 8.33. The van der Waals surface area contributed by atoms with Gasteiger partial charge in [-0.15, -0.1) is 6.58 Å². The van der Waals surface area contributed by atoms with E-state index in [1.165, 1.54) is 7.05 Å². The minimum Gasteiger partial charge on any atom is -0.368 e. The van der Waals surface area contributed by atoms with Crippen LogP contribution in [0.2, 0.25) is 10.0 Å². The van der Waals surface area contributed by atoms with E-state index in [0.29, 0.717) is 48.6 Å². The standard InChI is InChI=1S/C29H36Cl2N2O4S/c1-5-14-29(37-4)19-25(21-8-7-9-23(31)17-21)26(20-10-12-22(30)13-11-20)33(27(29)34)24(6-2)18-28(15-16-28)38(35,36)32-3/h5,7-13,17,24-26,32H,1,6,14-16,18-19H2,2-4H3/t24-,25+,26+,29+/m0/s1. The summed E-state index contributed by atoms with van der Waals surface area (Å²) in [6.45, 7) is 5.91. The van der Waals surface area contributed by atoms with E-state index in [0.717, 1.165) is 11.1 Å². The van der Waals surface area contributed by atoms with Gasteiger partial charge in [-0.05, 0) is 74.5 Å². The van der Waals surface area contributed by atoms with Gasteiger partial charge in [-0.2, -0.15) is 0 Å². The molecule has 1 aliphatic carbocycles. The van der Waals surface area contributed by atoms with E-state index in [-0.39, 0.29) is 23.9 Å². The highest BCUT2D eigenvalue weighted by Crippen LogP contribution is 2.53. The van der Waals surface area contributed by atoms with Crippen LogP contribution in [-0.2, 0) is 19.6 Å². The Hall–Kier alpha value is -1.90. The number of amides is 1. The van der Waals surface area contributed by atoms with Gasteiger partial charge in [-0.25, -0.2) is 13.1 Å². The van der Waals surface area contributed by atoms with Crippen molar-refractivity contribution >= 4 is 39.1 Å². The fourth-order valence-corrected chi connectivity index (χ4v) is 7.87. The van der Waals surface area contributed by atoms with Crippen LogP contribution in [0, 0.1) is 0 Å². The van der Waals surface area contributed by atoms with Crippen LogP contribution < -0.4 is 4.72 Å². The predicted molar refractivity (Wildman–Crippen MR) is 153 cm³/mol. The molecule has 6 nitrogen and oxygen atoms in total. The van der Waals surface area contributed by atoms with Crippen molar-refractivity contribution in [1.82, 2.24) is 9.62 Å².